The normalized spacial score (nSPS) is 19.4. The van der Waals surface area contributed by atoms with Gasteiger partial charge in [0.05, 0.1) is 24.4 Å². The Labute approximate surface area is 137 Å². The smallest absolute Gasteiger partial charge is 0.337 e. The number of likely N-dealkylation sites (tertiary alicyclic amines) is 1. The molecule has 1 aliphatic rings. The first-order valence-corrected chi connectivity index (χ1v) is 8.37. The van der Waals surface area contributed by atoms with E-state index in [1.165, 1.54) is 26.5 Å². The van der Waals surface area contributed by atoms with Gasteiger partial charge in [0.15, 0.2) is 0 Å². The number of ether oxygens (including phenoxy) is 1. The van der Waals surface area contributed by atoms with Crippen molar-refractivity contribution in [1.82, 2.24) is 14.3 Å². The van der Waals surface area contributed by atoms with Crippen LogP contribution in [-0.4, -0.2) is 46.5 Å². The molecule has 0 radical (unpaired) electrons. The summed E-state index contributed by atoms with van der Waals surface area (Å²) in [5.74, 6) is 1.42. The third-order valence-electron chi connectivity index (χ3n) is 4.78. The highest BCUT2D eigenvalue weighted by Crippen LogP contribution is 2.22. The summed E-state index contributed by atoms with van der Waals surface area (Å²) in [5.41, 5.74) is 1.51. The topological polar surface area (TPSA) is 46.8 Å². The third-order valence-corrected chi connectivity index (χ3v) is 4.78. The molecule has 0 spiro atoms. The Morgan fingerprint density at radius 3 is 3.04 bits per heavy atom. The lowest BCUT2D eigenvalue weighted by atomic mass is 9.93. The van der Waals surface area contributed by atoms with Crippen LogP contribution >= 0.6 is 0 Å². The maximum absolute atomic E-state index is 11.6. The van der Waals surface area contributed by atoms with Gasteiger partial charge in [-0.15, -0.1) is 0 Å². The molecular weight excluding hydrogens is 290 g/mol. The van der Waals surface area contributed by atoms with Crippen LogP contribution in [0.3, 0.4) is 0 Å². The van der Waals surface area contributed by atoms with Gasteiger partial charge < -0.3 is 14.0 Å². The minimum Gasteiger partial charge on any atom is -0.465 e. The van der Waals surface area contributed by atoms with Crippen molar-refractivity contribution in [3.05, 3.63) is 35.9 Å². The zero-order chi connectivity index (χ0) is 16.4. The van der Waals surface area contributed by atoms with E-state index >= 15 is 0 Å². The van der Waals surface area contributed by atoms with Gasteiger partial charge in [-0.1, -0.05) is 0 Å². The maximum atomic E-state index is 11.6. The van der Waals surface area contributed by atoms with Gasteiger partial charge in [-0.3, -0.25) is 0 Å². The van der Waals surface area contributed by atoms with E-state index in [2.05, 4.69) is 28.1 Å². The Kier molecular flexibility index (Phi) is 4.66. The summed E-state index contributed by atoms with van der Waals surface area (Å²) in [7, 11) is 1.40. The number of rotatable bonds is 4. The summed E-state index contributed by atoms with van der Waals surface area (Å²) in [4.78, 5) is 18.8. The third kappa shape index (κ3) is 3.39. The molecule has 3 rings (SSSR count). The molecule has 5 heteroatoms. The largest absolute Gasteiger partial charge is 0.465 e. The van der Waals surface area contributed by atoms with E-state index < -0.39 is 0 Å². The highest BCUT2D eigenvalue weighted by Gasteiger charge is 2.23. The number of fused-ring (bicyclic) bond motifs is 1. The van der Waals surface area contributed by atoms with Crippen LogP contribution < -0.4 is 0 Å². The van der Waals surface area contributed by atoms with Crippen molar-refractivity contribution in [3.8, 4) is 0 Å². The van der Waals surface area contributed by atoms with Crippen LogP contribution in [0, 0.1) is 5.92 Å². The molecule has 0 saturated carbocycles. The summed E-state index contributed by atoms with van der Waals surface area (Å²) in [6, 6.07) is 4.24. The fourth-order valence-corrected chi connectivity index (χ4v) is 3.44. The van der Waals surface area contributed by atoms with Crippen LogP contribution in [0.5, 0.6) is 0 Å². The fourth-order valence-electron chi connectivity index (χ4n) is 3.44. The number of imidazole rings is 1. The molecule has 1 aliphatic heterocycles. The van der Waals surface area contributed by atoms with E-state index in [-0.39, 0.29) is 5.97 Å². The van der Waals surface area contributed by atoms with Gasteiger partial charge in [0.2, 0.25) is 0 Å². The van der Waals surface area contributed by atoms with Gasteiger partial charge >= 0.3 is 5.97 Å². The Morgan fingerprint density at radius 2 is 2.30 bits per heavy atom. The van der Waals surface area contributed by atoms with E-state index in [0.29, 0.717) is 17.5 Å². The molecule has 0 bridgehead atoms. The lowest BCUT2D eigenvalue weighted by Crippen LogP contribution is -2.40. The molecule has 0 aromatic carbocycles. The minimum absolute atomic E-state index is 0.310. The van der Waals surface area contributed by atoms with E-state index in [9.17, 15) is 4.79 Å². The predicted molar refractivity (Wildman–Crippen MR) is 89.7 cm³/mol. The zero-order valence-corrected chi connectivity index (χ0v) is 14.2. The van der Waals surface area contributed by atoms with Gasteiger partial charge in [0.25, 0.3) is 0 Å². The van der Waals surface area contributed by atoms with Crippen molar-refractivity contribution < 1.29 is 9.53 Å². The van der Waals surface area contributed by atoms with E-state index in [4.69, 9.17) is 4.74 Å². The standard InChI is InChI=1S/C18H25N3O2/c1-13(2)20-7-4-5-14(12-20)9-17-19-11-16-10-15(18(22)23-3)6-8-21(16)17/h6,8,10-11,13-14H,4-5,7,9,12H2,1-3H3. The molecule has 23 heavy (non-hydrogen) atoms. The molecule has 2 aromatic rings. The quantitative estimate of drug-likeness (QED) is 0.814. The van der Waals surface area contributed by atoms with Gasteiger partial charge in [-0.2, -0.15) is 0 Å². The average Bonchev–Trinajstić information content (AvgIpc) is 2.96. The van der Waals surface area contributed by atoms with Crippen molar-refractivity contribution >= 4 is 11.5 Å². The van der Waals surface area contributed by atoms with E-state index in [0.717, 1.165) is 24.3 Å². The molecule has 1 atom stereocenters. The summed E-state index contributed by atoms with van der Waals surface area (Å²) in [5, 5.41) is 0. The molecule has 0 amide bonds. The number of hydrogen-bond donors (Lipinski definition) is 0. The number of aromatic nitrogens is 2. The number of esters is 1. The molecule has 1 unspecified atom stereocenters. The molecule has 5 nitrogen and oxygen atoms in total. The highest BCUT2D eigenvalue weighted by atomic mass is 16.5. The molecular formula is C18H25N3O2. The summed E-state index contributed by atoms with van der Waals surface area (Å²) < 4.78 is 6.86. The first kappa shape index (κ1) is 16.0. The van der Waals surface area contributed by atoms with Crippen LogP contribution in [0.2, 0.25) is 0 Å². The van der Waals surface area contributed by atoms with E-state index in [1.807, 2.05) is 18.5 Å². The van der Waals surface area contributed by atoms with Crippen LogP contribution in [0.25, 0.3) is 5.52 Å². The summed E-state index contributed by atoms with van der Waals surface area (Å²) in [6.45, 7) is 6.88. The maximum Gasteiger partial charge on any atom is 0.337 e. The number of pyridine rings is 1. The SMILES string of the molecule is COC(=O)c1ccn2c(CC3CCCN(C(C)C)C3)ncc2c1. The second-order valence-electron chi connectivity index (χ2n) is 6.68. The van der Waals surface area contributed by atoms with Crippen LogP contribution in [0.1, 0.15) is 42.9 Å². The fraction of sp³-hybridized carbons (Fsp3) is 0.556. The number of carbonyl (C=O) groups is 1. The van der Waals surface area contributed by atoms with Crippen molar-refractivity contribution in [2.24, 2.45) is 5.92 Å². The Morgan fingerprint density at radius 1 is 1.48 bits per heavy atom. The number of carbonyl (C=O) groups excluding carboxylic acids is 1. The van der Waals surface area contributed by atoms with Gasteiger partial charge in [-0.05, 0) is 51.3 Å². The predicted octanol–water partition coefficient (Wildman–Crippen LogP) is 2.78. The Hall–Kier alpha value is -1.88. The molecule has 1 fully saturated rings. The van der Waals surface area contributed by atoms with Crippen molar-refractivity contribution in [3.63, 3.8) is 0 Å². The highest BCUT2D eigenvalue weighted by molar-refractivity contribution is 5.90. The Bertz CT molecular complexity index is 693. The monoisotopic (exact) mass is 315 g/mol. The number of methoxy groups -OCH3 is 1. The lowest BCUT2D eigenvalue weighted by Gasteiger charge is -2.35. The summed E-state index contributed by atoms with van der Waals surface area (Å²) >= 11 is 0. The molecule has 3 heterocycles. The number of piperidine rings is 1. The van der Waals surface area contributed by atoms with Crippen LogP contribution in [0.4, 0.5) is 0 Å². The molecule has 0 N–H and O–H groups in total. The van der Waals surface area contributed by atoms with E-state index in [1.54, 1.807) is 6.07 Å². The van der Waals surface area contributed by atoms with Gasteiger partial charge in [0.1, 0.15) is 5.82 Å². The number of hydrogen-bond acceptors (Lipinski definition) is 4. The second-order valence-corrected chi connectivity index (χ2v) is 6.68. The Balaban J connectivity index is 1.77. The molecule has 1 saturated heterocycles. The lowest BCUT2D eigenvalue weighted by molar-refractivity contribution is 0.0600. The molecule has 2 aromatic heterocycles. The first-order chi connectivity index (χ1) is 11.1. The van der Waals surface area contributed by atoms with Gasteiger partial charge in [0, 0.05) is 25.2 Å². The second kappa shape index (κ2) is 6.71. The van der Waals surface area contributed by atoms with Crippen molar-refractivity contribution in [2.45, 2.75) is 39.2 Å². The van der Waals surface area contributed by atoms with Crippen LogP contribution in [0.15, 0.2) is 24.5 Å². The van der Waals surface area contributed by atoms with Crippen molar-refractivity contribution in [1.29, 1.82) is 0 Å². The average molecular weight is 315 g/mol. The molecule has 0 aliphatic carbocycles. The zero-order valence-electron chi connectivity index (χ0n) is 14.2. The molecule has 124 valence electrons. The minimum atomic E-state index is -0.310. The number of nitrogens with zero attached hydrogens (tertiary/aromatic N) is 3. The first-order valence-electron chi connectivity index (χ1n) is 8.37. The van der Waals surface area contributed by atoms with Crippen molar-refractivity contribution in [2.75, 3.05) is 20.2 Å². The van der Waals surface area contributed by atoms with Gasteiger partial charge in [-0.25, -0.2) is 9.78 Å². The summed E-state index contributed by atoms with van der Waals surface area (Å²) in [6.07, 6.45) is 7.27. The van der Waals surface area contributed by atoms with Crippen LogP contribution in [-0.2, 0) is 11.2 Å².